The number of carbonyl (C=O) groups excluding carboxylic acids is 1. The minimum absolute atomic E-state index is 0.116. The van der Waals surface area contributed by atoms with Gasteiger partial charge in [-0.15, -0.1) is 0 Å². The number of fused-ring (bicyclic) bond motifs is 1. The second kappa shape index (κ2) is 9.30. The monoisotopic (exact) mass is 452 g/mol. The number of aliphatic hydroxyl groups is 1. The molecule has 1 saturated heterocycles. The highest BCUT2D eigenvalue weighted by Gasteiger charge is 2.39. The predicted molar refractivity (Wildman–Crippen MR) is 124 cm³/mol. The first-order valence-corrected chi connectivity index (χ1v) is 10.7. The largest absolute Gasteiger partial charge is 0.462 e. The van der Waals surface area contributed by atoms with E-state index in [0.717, 1.165) is 16.5 Å². The van der Waals surface area contributed by atoms with Crippen molar-refractivity contribution in [3.8, 4) is 17.0 Å². The highest BCUT2D eigenvalue weighted by molar-refractivity contribution is 5.98. The van der Waals surface area contributed by atoms with Crippen LogP contribution in [0.15, 0.2) is 42.4 Å². The number of anilines is 1. The van der Waals surface area contributed by atoms with Crippen LogP contribution in [0, 0.1) is 0 Å². The van der Waals surface area contributed by atoms with Gasteiger partial charge in [-0.25, -0.2) is 9.97 Å². The number of pyridine rings is 2. The van der Waals surface area contributed by atoms with Gasteiger partial charge >= 0.3 is 0 Å². The van der Waals surface area contributed by atoms with Crippen molar-refractivity contribution >= 4 is 22.6 Å². The highest BCUT2D eigenvalue weighted by atomic mass is 16.5. The Kier molecular flexibility index (Phi) is 6.46. The number of aryl methyl sites for hydroxylation is 1. The number of carbonyl (C=O) groups is 1. The molecule has 0 bridgehead atoms. The van der Waals surface area contributed by atoms with Crippen LogP contribution in [0.25, 0.3) is 22.2 Å². The molecule has 1 aliphatic rings. The van der Waals surface area contributed by atoms with Gasteiger partial charge in [0.1, 0.15) is 17.2 Å². The molecule has 2 N–H and O–H groups in total. The molecule has 1 atom stereocenters. The predicted octanol–water partition coefficient (Wildman–Crippen LogP) is 3.13. The summed E-state index contributed by atoms with van der Waals surface area (Å²) in [4.78, 5) is 20.8. The number of ether oxygens (including phenoxy) is 3. The van der Waals surface area contributed by atoms with Gasteiger partial charge in [0.05, 0.1) is 42.1 Å². The third kappa shape index (κ3) is 4.61. The number of methoxy groups -OCH3 is 1. The van der Waals surface area contributed by atoms with Crippen LogP contribution < -0.4 is 10.1 Å². The highest BCUT2D eigenvalue weighted by Crippen LogP contribution is 2.38. The minimum Gasteiger partial charge on any atom is -0.462 e. The first kappa shape index (κ1) is 22.9. The molecule has 9 nitrogen and oxygen atoms in total. The molecule has 1 aliphatic heterocycles. The van der Waals surface area contributed by atoms with E-state index in [4.69, 9.17) is 19.2 Å². The summed E-state index contributed by atoms with van der Waals surface area (Å²) >= 11 is 0. The maximum absolute atomic E-state index is 11.5. The molecule has 174 valence electrons. The van der Waals surface area contributed by atoms with E-state index in [1.165, 1.54) is 6.92 Å². The second-order valence-corrected chi connectivity index (χ2v) is 8.10. The smallest absolute Gasteiger partial charge is 0.222 e. The van der Waals surface area contributed by atoms with E-state index in [9.17, 15) is 9.90 Å². The van der Waals surface area contributed by atoms with Gasteiger partial charge in [0.15, 0.2) is 0 Å². The van der Waals surface area contributed by atoms with Gasteiger partial charge in [-0.05, 0) is 19.1 Å². The van der Waals surface area contributed by atoms with Crippen molar-refractivity contribution in [2.75, 3.05) is 32.2 Å². The Morgan fingerprint density at radius 3 is 2.85 bits per heavy atom. The fraction of sp³-hybridized carbons (Fsp3) is 0.375. The van der Waals surface area contributed by atoms with Crippen LogP contribution in [0.1, 0.15) is 26.0 Å². The van der Waals surface area contributed by atoms with Crippen LogP contribution in [-0.4, -0.2) is 52.5 Å². The Labute approximate surface area is 192 Å². The molecule has 3 aromatic rings. The summed E-state index contributed by atoms with van der Waals surface area (Å²) in [6, 6.07) is 5.54. The van der Waals surface area contributed by atoms with Gasteiger partial charge in [0, 0.05) is 63.4 Å². The van der Waals surface area contributed by atoms with Crippen molar-refractivity contribution in [2.45, 2.75) is 25.9 Å². The van der Waals surface area contributed by atoms with Crippen LogP contribution in [0.5, 0.6) is 5.75 Å². The first-order chi connectivity index (χ1) is 15.8. The molecular formula is C24H28N4O5. The maximum Gasteiger partial charge on any atom is 0.222 e. The zero-order valence-electron chi connectivity index (χ0n) is 19.2. The lowest BCUT2D eigenvalue weighted by Gasteiger charge is -2.26. The first-order valence-electron chi connectivity index (χ1n) is 10.7. The standard InChI is InChI=1S/C24H28N4O5/c1-15(5-7-29)33-17-9-20(27-22(10-17)24(31-4)6-8-32-14-24)19-13-28(3)21-12-25-23(11-18(19)21)26-16(2)30/h5,9-13,29H,6-8,14H2,1-4H3,(H,25,26,30)/b15-5+/t24-/m0/s1. The van der Waals surface area contributed by atoms with Crippen molar-refractivity contribution in [3.05, 3.63) is 48.1 Å². The fourth-order valence-electron chi connectivity index (χ4n) is 4.04. The van der Waals surface area contributed by atoms with Crippen LogP contribution in [0.3, 0.4) is 0 Å². The summed E-state index contributed by atoms with van der Waals surface area (Å²) in [5.41, 5.74) is 2.49. The third-order valence-electron chi connectivity index (χ3n) is 5.76. The Morgan fingerprint density at radius 1 is 1.36 bits per heavy atom. The molecule has 0 aliphatic carbocycles. The van der Waals surface area contributed by atoms with Crippen molar-refractivity contribution in [3.63, 3.8) is 0 Å². The summed E-state index contributed by atoms with van der Waals surface area (Å²) < 4.78 is 19.5. The zero-order chi connectivity index (χ0) is 23.6. The molecular weight excluding hydrogens is 424 g/mol. The molecule has 0 unspecified atom stereocenters. The average molecular weight is 453 g/mol. The number of aliphatic hydroxyl groups excluding tert-OH is 1. The van der Waals surface area contributed by atoms with Gasteiger partial charge in [-0.1, -0.05) is 0 Å². The van der Waals surface area contributed by atoms with Gasteiger partial charge in [-0.2, -0.15) is 0 Å². The number of rotatable bonds is 7. The van der Waals surface area contributed by atoms with Crippen molar-refractivity contribution < 1.29 is 24.1 Å². The quantitative estimate of drug-likeness (QED) is 0.530. The lowest BCUT2D eigenvalue weighted by Crippen LogP contribution is -2.30. The van der Waals surface area contributed by atoms with E-state index >= 15 is 0 Å². The summed E-state index contributed by atoms with van der Waals surface area (Å²) in [7, 11) is 3.59. The molecule has 1 amide bonds. The molecule has 4 heterocycles. The number of hydrogen-bond donors (Lipinski definition) is 2. The Balaban J connectivity index is 1.89. The lowest BCUT2D eigenvalue weighted by molar-refractivity contribution is -0.114. The second-order valence-electron chi connectivity index (χ2n) is 8.10. The Hall–Kier alpha value is -3.27. The van der Waals surface area contributed by atoms with E-state index in [1.807, 2.05) is 36.0 Å². The number of allylic oxidation sites excluding steroid dienone is 1. The molecule has 9 heteroatoms. The third-order valence-corrected chi connectivity index (χ3v) is 5.76. The SMILES string of the molecule is CO[C@@]1(c2cc(O/C(C)=C/CO)cc(-c3cn(C)c4cnc(NC(C)=O)cc34)n2)CCOC1. The molecule has 0 radical (unpaired) electrons. The Morgan fingerprint density at radius 2 is 2.18 bits per heavy atom. The Bertz CT molecular complexity index is 1210. The number of hydrogen-bond acceptors (Lipinski definition) is 7. The summed E-state index contributed by atoms with van der Waals surface area (Å²) in [5, 5.41) is 12.8. The van der Waals surface area contributed by atoms with Crippen molar-refractivity contribution in [2.24, 2.45) is 7.05 Å². The van der Waals surface area contributed by atoms with Gasteiger partial charge < -0.3 is 29.2 Å². The number of nitrogens with zero attached hydrogens (tertiary/aromatic N) is 3. The van der Waals surface area contributed by atoms with E-state index in [2.05, 4.69) is 10.3 Å². The number of nitrogens with one attached hydrogen (secondary N) is 1. The van der Waals surface area contributed by atoms with Crippen molar-refractivity contribution in [1.29, 1.82) is 0 Å². The average Bonchev–Trinajstić information content (AvgIpc) is 3.39. The minimum atomic E-state index is -0.670. The van der Waals surface area contributed by atoms with Crippen LogP contribution >= 0.6 is 0 Å². The zero-order valence-corrected chi connectivity index (χ0v) is 19.2. The summed E-state index contributed by atoms with van der Waals surface area (Å²) in [6.45, 7) is 4.09. The van der Waals surface area contributed by atoms with Crippen molar-refractivity contribution in [1.82, 2.24) is 14.5 Å². The van der Waals surface area contributed by atoms with Crippen LogP contribution in [0.4, 0.5) is 5.82 Å². The molecule has 0 spiro atoms. The van der Waals surface area contributed by atoms with E-state index < -0.39 is 5.60 Å². The lowest BCUT2D eigenvalue weighted by atomic mass is 9.96. The molecule has 0 aromatic carbocycles. The number of aromatic nitrogens is 3. The summed E-state index contributed by atoms with van der Waals surface area (Å²) in [5.74, 6) is 1.43. The molecule has 33 heavy (non-hydrogen) atoms. The van der Waals surface area contributed by atoms with Gasteiger partial charge in [0.25, 0.3) is 0 Å². The van der Waals surface area contributed by atoms with Gasteiger partial charge in [-0.3, -0.25) is 4.79 Å². The summed E-state index contributed by atoms with van der Waals surface area (Å²) in [6.07, 6.45) is 5.96. The maximum atomic E-state index is 11.5. The number of amides is 1. The molecule has 3 aromatic heterocycles. The van der Waals surface area contributed by atoms with Crippen LogP contribution in [0.2, 0.25) is 0 Å². The molecule has 0 saturated carbocycles. The van der Waals surface area contributed by atoms with E-state index in [-0.39, 0.29) is 12.5 Å². The van der Waals surface area contributed by atoms with E-state index in [0.29, 0.717) is 48.3 Å². The molecule has 4 rings (SSSR count). The van der Waals surface area contributed by atoms with Crippen LogP contribution in [-0.2, 0) is 26.9 Å². The molecule has 1 fully saturated rings. The fourth-order valence-corrected chi connectivity index (χ4v) is 4.04. The van der Waals surface area contributed by atoms with Gasteiger partial charge in [0.2, 0.25) is 5.91 Å². The topological polar surface area (TPSA) is 108 Å². The van der Waals surface area contributed by atoms with E-state index in [1.54, 1.807) is 26.3 Å². The normalized spacial score (nSPS) is 18.6.